The highest BCUT2D eigenvalue weighted by Gasteiger charge is 2.22. The monoisotopic (exact) mass is 622 g/mol. The van der Waals surface area contributed by atoms with Gasteiger partial charge in [0.15, 0.2) is 0 Å². The Bertz CT molecular complexity index is 2750. The SMILES string of the molecule is c1ccc(-c2cccc(-c3ccccc3)c2-c2c3ccccc3c(-c3ccc4c(c3)oc3cc5ccccc5cc34)c3ccccc23)cc1. The Labute approximate surface area is 284 Å². The van der Waals surface area contributed by atoms with Gasteiger partial charge in [0, 0.05) is 10.8 Å². The summed E-state index contributed by atoms with van der Waals surface area (Å²) in [5.41, 5.74) is 11.6. The summed E-state index contributed by atoms with van der Waals surface area (Å²) in [6.07, 6.45) is 0. The zero-order chi connectivity index (χ0) is 32.3. The predicted octanol–water partition coefficient (Wildman–Crippen LogP) is 13.7. The summed E-state index contributed by atoms with van der Waals surface area (Å²) >= 11 is 0. The van der Waals surface area contributed by atoms with Crippen LogP contribution in [-0.4, -0.2) is 0 Å². The average Bonchev–Trinajstić information content (AvgIpc) is 3.53. The molecule has 0 aliphatic heterocycles. The van der Waals surface area contributed by atoms with Crippen molar-refractivity contribution in [3.63, 3.8) is 0 Å². The second-order valence-corrected chi connectivity index (χ2v) is 12.8. The van der Waals surface area contributed by atoms with E-state index in [1.165, 1.54) is 71.3 Å². The zero-order valence-corrected chi connectivity index (χ0v) is 26.7. The van der Waals surface area contributed by atoms with Crippen molar-refractivity contribution in [2.24, 2.45) is 0 Å². The van der Waals surface area contributed by atoms with Gasteiger partial charge in [0.25, 0.3) is 0 Å². The van der Waals surface area contributed by atoms with Crippen LogP contribution in [0.15, 0.2) is 186 Å². The summed E-state index contributed by atoms with van der Waals surface area (Å²) in [5.74, 6) is 0. The number of furan rings is 1. The van der Waals surface area contributed by atoms with Crippen molar-refractivity contribution in [1.29, 1.82) is 0 Å². The summed E-state index contributed by atoms with van der Waals surface area (Å²) in [7, 11) is 0. The third-order valence-corrected chi connectivity index (χ3v) is 10.0. The van der Waals surface area contributed by atoms with E-state index >= 15 is 0 Å². The van der Waals surface area contributed by atoms with Crippen LogP contribution in [0.5, 0.6) is 0 Å². The molecule has 228 valence electrons. The molecule has 0 fully saturated rings. The molecule has 0 aliphatic rings. The second kappa shape index (κ2) is 11.1. The van der Waals surface area contributed by atoms with Gasteiger partial charge in [-0.2, -0.15) is 0 Å². The summed E-state index contributed by atoms with van der Waals surface area (Å²) in [6.45, 7) is 0. The lowest BCUT2D eigenvalue weighted by Crippen LogP contribution is -1.95. The molecule has 0 atom stereocenters. The van der Waals surface area contributed by atoms with Gasteiger partial charge in [0.1, 0.15) is 11.2 Å². The predicted molar refractivity (Wildman–Crippen MR) is 208 cm³/mol. The van der Waals surface area contributed by atoms with Crippen LogP contribution in [0, 0.1) is 0 Å². The number of benzene rings is 9. The fourth-order valence-corrected chi connectivity index (χ4v) is 7.86. The fourth-order valence-electron chi connectivity index (χ4n) is 7.86. The molecule has 0 N–H and O–H groups in total. The Morgan fingerprint density at radius 2 is 0.755 bits per heavy atom. The quantitative estimate of drug-likeness (QED) is 0.178. The summed E-state index contributed by atoms with van der Waals surface area (Å²) < 4.78 is 6.57. The average molecular weight is 623 g/mol. The van der Waals surface area contributed by atoms with Gasteiger partial charge in [0.2, 0.25) is 0 Å². The van der Waals surface area contributed by atoms with E-state index in [4.69, 9.17) is 4.42 Å². The van der Waals surface area contributed by atoms with E-state index in [0.29, 0.717) is 0 Å². The molecule has 1 nitrogen and oxygen atoms in total. The van der Waals surface area contributed by atoms with E-state index in [9.17, 15) is 0 Å². The van der Waals surface area contributed by atoms with Crippen LogP contribution in [0.1, 0.15) is 0 Å². The summed E-state index contributed by atoms with van der Waals surface area (Å²) in [6, 6.07) is 65.8. The first-order valence-corrected chi connectivity index (χ1v) is 16.8. The molecule has 1 heteroatoms. The van der Waals surface area contributed by atoms with Gasteiger partial charge in [0.05, 0.1) is 0 Å². The molecule has 0 saturated carbocycles. The van der Waals surface area contributed by atoms with Crippen LogP contribution < -0.4 is 0 Å². The molecule has 0 bridgehead atoms. The molecule has 0 aliphatic carbocycles. The Hall–Kier alpha value is -6.44. The van der Waals surface area contributed by atoms with E-state index in [1.54, 1.807) is 0 Å². The minimum Gasteiger partial charge on any atom is -0.456 e. The Morgan fingerprint density at radius 1 is 0.265 bits per heavy atom. The smallest absolute Gasteiger partial charge is 0.136 e. The van der Waals surface area contributed by atoms with Crippen molar-refractivity contribution >= 4 is 54.3 Å². The molecule has 1 aromatic heterocycles. The lowest BCUT2D eigenvalue weighted by Gasteiger charge is -2.22. The third-order valence-electron chi connectivity index (χ3n) is 10.0. The molecule has 0 amide bonds. The van der Waals surface area contributed by atoms with Crippen LogP contribution in [0.2, 0.25) is 0 Å². The Balaban J connectivity index is 1.29. The zero-order valence-electron chi connectivity index (χ0n) is 26.7. The van der Waals surface area contributed by atoms with Crippen LogP contribution >= 0.6 is 0 Å². The highest BCUT2D eigenvalue weighted by atomic mass is 16.3. The van der Waals surface area contributed by atoms with Crippen LogP contribution in [0.3, 0.4) is 0 Å². The number of fused-ring (bicyclic) bond motifs is 6. The first-order valence-electron chi connectivity index (χ1n) is 16.8. The van der Waals surface area contributed by atoms with E-state index in [1.807, 2.05) is 0 Å². The van der Waals surface area contributed by atoms with Crippen molar-refractivity contribution in [3.8, 4) is 44.5 Å². The van der Waals surface area contributed by atoms with Gasteiger partial charge in [-0.3, -0.25) is 0 Å². The molecule has 0 saturated heterocycles. The van der Waals surface area contributed by atoms with E-state index in [0.717, 1.165) is 27.5 Å². The van der Waals surface area contributed by atoms with Crippen LogP contribution in [0.25, 0.3) is 98.8 Å². The Kier molecular flexibility index (Phi) is 6.25. The number of hydrogen-bond donors (Lipinski definition) is 0. The first kappa shape index (κ1) is 27.7. The molecule has 0 spiro atoms. The lowest BCUT2D eigenvalue weighted by molar-refractivity contribution is 0.669. The maximum Gasteiger partial charge on any atom is 0.136 e. The van der Waals surface area contributed by atoms with Crippen LogP contribution in [-0.2, 0) is 0 Å². The van der Waals surface area contributed by atoms with Crippen molar-refractivity contribution in [1.82, 2.24) is 0 Å². The van der Waals surface area contributed by atoms with Gasteiger partial charge >= 0.3 is 0 Å². The summed E-state index contributed by atoms with van der Waals surface area (Å²) in [4.78, 5) is 0. The lowest BCUT2D eigenvalue weighted by atomic mass is 9.81. The van der Waals surface area contributed by atoms with Crippen molar-refractivity contribution in [2.75, 3.05) is 0 Å². The van der Waals surface area contributed by atoms with Gasteiger partial charge in [-0.25, -0.2) is 0 Å². The maximum atomic E-state index is 6.57. The van der Waals surface area contributed by atoms with Crippen molar-refractivity contribution in [3.05, 3.63) is 182 Å². The summed E-state index contributed by atoms with van der Waals surface area (Å²) in [5, 5.41) is 9.60. The van der Waals surface area contributed by atoms with E-state index in [2.05, 4.69) is 182 Å². The minimum atomic E-state index is 0.904. The normalized spacial score (nSPS) is 11.7. The second-order valence-electron chi connectivity index (χ2n) is 12.8. The topological polar surface area (TPSA) is 13.1 Å². The van der Waals surface area contributed by atoms with Crippen LogP contribution in [0.4, 0.5) is 0 Å². The largest absolute Gasteiger partial charge is 0.456 e. The molecule has 1 heterocycles. The van der Waals surface area contributed by atoms with E-state index in [-0.39, 0.29) is 0 Å². The highest BCUT2D eigenvalue weighted by Crippen LogP contribution is 2.49. The molecule has 49 heavy (non-hydrogen) atoms. The Morgan fingerprint density at radius 3 is 1.35 bits per heavy atom. The first-order chi connectivity index (χ1) is 24.3. The number of rotatable bonds is 4. The molecule has 0 radical (unpaired) electrons. The third kappa shape index (κ3) is 4.40. The molecule has 0 unspecified atom stereocenters. The maximum absolute atomic E-state index is 6.57. The van der Waals surface area contributed by atoms with Gasteiger partial charge < -0.3 is 4.42 Å². The van der Waals surface area contributed by atoms with Crippen molar-refractivity contribution in [2.45, 2.75) is 0 Å². The van der Waals surface area contributed by atoms with Gasteiger partial charge in [-0.1, -0.05) is 158 Å². The fraction of sp³-hybridized carbons (Fsp3) is 0. The highest BCUT2D eigenvalue weighted by molar-refractivity contribution is 6.24. The molecular formula is C48H30O. The minimum absolute atomic E-state index is 0.904. The number of hydrogen-bond acceptors (Lipinski definition) is 1. The molecular weight excluding hydrogens is 593 g/mol. The van der Waals surface area contributed by atoms with Gasteiger partial charge in [-0.15, -0.1) is 0 Å². The standard InChI is InChI=1S/C48H30O/c1-3-14-31(15-4-1)36-24-13-25-37(32-16-5-2-6-17-32)47(36)48-41-22-11-9-20-39(41)46(40-21-10-12-23-42(40)48)35-26-27-38-43-28-33-18-7-8-19-34(33)29-45(43)49-44(38)30-35/h1-30H. The molecule has 10 aromatic rings. The van der Waals surface area contributed by atoms with Gasteiger partial charge in [-0.05, 0) is 101 Å². The molecule has 9 aromatic carbocycles. The van der Waals surface area contributed by atoms with Crippen molar-refractivity contribution < 1.29 is 4.42 Å². The molecule has 10 rings (SSSR count). The van der Waals surface area contributed by atoms with E-state index < -0.39 is 0 Å².